The van der Waals surface area contributed by atoms with E-state index in [1.165, 1.54) is 0 Å². The number of para-hydroxylation sites is 1. The van der Waals surface area contributed by atoms with E-state index in [0.717, 1.165) is 0 Å². The lowest BCUT2D eigenvalue weighted by Crippen LogP contribution is -1.56. The van der Waals surface area contributed by atoms with Crippen molar-refractivity contribution in [3.05, 3.63) is 66.7 Å². The predicted molar refractivity (Wildman–Crippen MR) is 54.5 cm³/mol. The Kier molecular flexibility index (Phi) is 3.53. The molecule has 0 heterocycles. The molecule has 0 amide bonds. The first kappa shape index (κ1) is 7.87. The van der Waals surface area contributed by atoms with Crippen LogP contribution in [0.25, 0.3) is 0 Å². The molecule has 1 heteroatoms. The summed E-state index contributed by atoms with van der Waals surface area (Å²) in [7, 11) is 0. The molecule has 2 rings (SSSR count). The van der Waals surface area contributed by atoms with E-state index >= 15 is 0 Å². The summed E-state index contributed by atoms with van der Waals surface area (Å²) < 4.78 is 7.00. The number of benzene rings is 2. The minimum absolute atomic E-state index is 0.322. The number of rotatable bonds is 0. The van der Waals surface area contributed by atoms with Gasteiger partial charge in [-0.15, -0.1) is 0 Å². The minimum Gasteiger partial charge on any atom is -0.508 e. The number of hydrogen-bond acceptors (Lipinski definition) is 1. The van der Waals surface area contributed by atoms with Crippen molar-refractivity contribution < 1.29 is 6.48 Å². The van der Waals surface area contributed by atoms with Gasteiger partial charge in [0.05, 0.1) is 1.37 Å². The molecule has 13 heavy (non-hydrogen) atoms. The molecular weight excluding hydrogens is 160 g/mol. The highest BCUT2D eigenvalue weighted by Crippen LogP contribution is 2.02. The Balaban J connectivity index is 0.000000140. The molecule has 0 atom stereocenters. The summed E-state index contributed by atoms with van der Waals surface area (Å²) in [5.74, 6) is 0.322. The van der Waals surface area contributed by atoms with Crippen LogP contribution in [0.2, 0.25) is 0 Å². The maximum atomic E-state index is 8.63. The van der Waals surface area contributed by atoms with Gasteiger partial charge < -0.3 is 5.11 Å². The Labute approximate surface area is 79.7 Å². The third-order valence-electron chi connectivity index (χ3n) is 1.36. The van der Waals surface area contributed by atoms with Crippen molar-refractivity contribution in [3.8, 4) is 5.75 Å². The van der Waals surface area contributed by atoms with Gasteiger partial charge in [-0.05, 0) is 12.1 Å². The van der Waals surface area contributed by atoms with Crippen LogP contribution in [0.4, 0.5) is 0 Å². The Morgan fingerprint density at radius 1 is 0.769 bits per heavy atom. The largest absolute Gasteiger partial charge is 0.508 e. The van der Waals surface area contributed by atoms with E-state index in [2.05, 4.69) is 0 Å². The highest BCUT2D eigenvalue weighted by molar-refractivity contribution is 5.18. The number of phenolic OH excluding ortho intramolecular Hbond substituents is 1. The average molecular weight is 173 g/mol. The van der Waals surface area contributed by atoms with Gasteiger partial charge in [-0.3, -0.25) is 0 Å². The molecule has 0 unspecified atom stereocenters. The molecule has 0 aromatic heterocycles. The predicted octanol–water partition coefficient (Wildman–Crippen LogP) is 3.08. The second kappa shape index (κ2) is 5.84. The molecular formula is C12H12O. The van der Waals surface area contributed by atoms with E-state index in [-0.39, 0.29) is 0 Å². The van der Waals surface area contributed by atoms with E-state index in [4.69, 9.17) is 6.48 Å². The summed E-state index contributed by atoms with van der Waals surface area (Å²) in [6, 6.07) is 18.4. The van der Waals surface area contributed by atoms with Crippen molar-refractivity contribution in [2.75, 3.05) is 0 Å². The molecule has 1 nitrogen and oxygen atoms in total. The lowest BCUT2D eigenvalue weighted by Gasteiger charge is -1.82. The topological polar surface area (TPSA) is 20.2 Å². The minimum atomic E-state index is 0.322. The van der Waals surface area contributed by atoms with Gasteiger partial charge in [0.2, 0.25) is 0 Å². The van der Waals surface area contributed by atoms with E-state index in [1.54, 1.807) is 36.4 Å². The SMILES string of the molecule is Oc1ccccc1.[2H]c1ccccc1. The Morgan fingerprint density at radius 3 is 1.54 bits per heavy atom. The number of phenols is 1. The molecule has 0 saturated carbocycles. The van der Waals surface area contributed by atoms with Crippen LogP contribution in [0.5, 0.6) is 5.75 Å². The fraction of sp³-hybridized carbons (Fsp3) is 0. The van der Waals surface area contributed by atoms with Crippen LogP contribution < -0.4 is 0 Å². The second-order valence-electron chi connectivity index (χ2n) is 2.41. The summed E-state index contributed by atoms with van der Waals surface area (Å²) in [6.45, 7) is 0. The van der Waals surface area contributed by atoms with E-state index < -0.39 is 0 Å². The number of hydrogen-bond donors (Lipinski definition) is 1. The van der Waals surface area contributed by atoms with E-state index in [9.17, 15) is 0 Å². The maximum absolute atomic E-state index is 8.63. The highest BCUT2D eigenvalue weighted by Gasteiger charge is 1.74. The van der Waals surface area contributed by atoms with Crippen LogP contribution in [-0.4, -0.2) is 5.11 Å². The maximum Gasteiger partial charge on any atom is 0.115 e. The molecule has 0 saturated heterocycles. The molecule has 2 aromatic carbocycles. The third-order valence-corrected chi connectivity index (χ3v) is 1.36. The molecule has 0 fully saturated rings. The van der Waals surface area contributed by atoms with Crippen LogP contribution in [0, 0.1) is 0 Å². The molecule has 66 valence electrons. The zero-order valence-corrected chi connectivity index (χ0v) is 7.22. The first-order chi connectivity index (χ1) is 6.79. The van der Waals surface area contributed by atoms with Crippen LogP contribution >= 0.6 is 0 Å². The molecule has 0 aliphatic carbocycles. The summed E-state index contributed by atoms with van der Waals surface area (Å²) in [4.78, 5) is 0. The normalized spacial score (nSPS) is 9.38. The Hall–Kier alpha value is -1.76. The summed E-state index contributed by atoms with van der Waals surface area (Å²) in [5, 5.41) is 8.63. The lowest BCUT2D eigenvalue weighted by molar-refractivity contribution is 0.475. The zero-order chi connectivity index (χ0) is 10.2. The molecule has 2 aromatic rings. The van der Waals surface area contributed by atoms with Crippen molar-refractivity contribution >= 4 is 0 Å². The summed E-state index contributed by atoms with van der Waals surface area (Å²) >= 11 is 0. The molecule has 0 bridgehead atoms. The van der Waals surface area contributed by atoms with Crippen molar-refractivity contribution in [2.24, 2.45) is 0 Å². The fourth-order valence-corrected chi connectivity index (χ4v) is 0.770. The Bertz CT molecular complexity index is 308. The smallest absolute Gasteiger partial charge is 0.115 e. The average Bonchev–Trinajstić information content (AvgIpc) is 2.21. The lowest BCUT2D eigenvalue weighted by atomic mass is 10.3. The van der Waals surface area contributed by atoms with Crippen LogP contribution in [-0.2, 0) is 0 Å². The third kappa shape index (κ3) is 4.64. The van der Waals surface area contributed by atoms with Crippen molar-refractivity contribution in [3.63, 3.8) is 0 Å². The van der Waals surface area contributed by atoms with Gasteiger partial charge in [-0.25, -0.2) is 0 Å². The summed E-state index contributed by atoms with van der Waals surface area (Å²) in [5.41, 5.74) is 0. The van der Waals surface area contributed by atoms with Gasteiger partial charge in [-0.2, -0.15) is 0 Å². The second-order valence-corrected chi connectivity index (χ2v) is 2.41. The van der Waals surface area contributed by atoms with Crippen LogP contribution in [0.3, 0.4) is 0 Å². The molecule has 0 aliphatic heterocycles. The van der Waals surface area contributed by atoms with Crippen molar-refractivity contribution in [1.82, 2.24) is 0 Å². The first-order valence-electron chi connectivity index (χ1n) is 4.54. The molecule has 1 N–H and O–H groups in total. The van der Waals surface area contributed by atoms with Crippen molar-refractivity contribution in [2.45, 2.75) is 0 Å². The standard InChI is InChI=1S/C6H6O.C6H6/c7-6-4-2-1-3-5-6;1-2-4-6-5-3-1/h1-5,7H;1-6H/i;1D. The van der Waals surface area contributed by atoms with Crippen LogP contribution in [0.15, 0.2) is 66.7 Å². The molecule has 0 spiro atoms. The fourth-order valence-electron chi connectivity index (χ4n) is 0.770. The monoisotopic (exact) mass is 173 g/mol. The van der Waals surface area contributed by atoms with E-state index in [0.29, 0.717) is 11.8 Å². The number of aromatic hydroxyl groups is 1. The van der Waals surface area contributed by atoms with Crippen molar-refractivity contribution in [1.29, 1.82) is 0 Å². The van der Waals surface area contributed by atoms with Gasteiger partial charge >= 0.3 is 0 Å². The highest BCUT2D eigenvalue weighted by atomic mass is 16.3. The summed E-state index contributed by atoms with van der Waals surface area (Å²) in [6.07, 6.45) is 0. The Morgan fingerprint density at radius 2 is 1.23 bits per heavy atom. The molecule has 0 aliphatic rings. The first-order valence-corrected chi connectivity index (χ1v) is 4.04. The van der Waals surface area contributed by atoms with E-state index in [1.807, 2.05) is 24.3 Å². The van der Waals surface area contributed by atoms with Crippen LogP contribution in [0.1, 0.15) is 1.37 Å². The molecule has 0 radical (unpaired) electrons. The van der Waals surface area contributed by atoms with Gasteiger partial charge in [0.25, 0.3) is 0 Å². The quantitative estimate of drug-likeness (QED) is 0.649. The van der Waals surface area contributed by atoms with Gasteiger partial charge in [-0.1, -0.05) is 54.6 Å². The zero-order valence-electron chi connectivity index (χ0n) is 8.22. The van der Waals surface area contributed by atoms with Gasteiger partial charge in [0.15, 0.2) is 0 Å². The van der Waals surface area contributed by atoms with Gasteiger partial charge in [0, 0.05) is 0 Å². The van der Waals surface area contributed by atoms with Gasteiger partial charge in [0.1, 0.15) is 5.75 Å².